The van der Waals surface area contributed by atoms with Gasteiger partial charge in [-0.3, -0.25) is 14.4 Å². The van der Waals surface area contributed by atoms with Gasteiger partial charge in [-0.25, -0.2) is 13.6 Å². The van der Waals surface area contributed by atoms with Gasteiger partial charge < -0.3 is 36.1 Å². The Hall–Kier alpha value is -5.33. The quantitative estimate of drug-likeness (QED) is 0.0944. The van der Waals surface area contributed by atoms with Crippen LogP contribution in [-0.2, 0) is 24.7 Å². The van der Waals surface area contributed by atoms with Crippen LogP contribution < -0.4 is 31.3 Å². The molecule has 53 heavy (non-hydrogen) atoms. The first-order valence-electron chi connectivity index (χ1n) is 16.3. The van der Waals surface area contributed by atoms with Crippen molar-refractivity contribution in [3.05, 3.63) is 64.7 Å². The van der Waals surface area contributed by atoms with E-state index in [1.54, 1.807) is 12.1 Å². The fourth-order valence-corrected chi connectivity index (χ4v) is 5.52. The summed E-state index contributed by atoms with van der Waals surface area (Å²) in [6, 6.07) is 10.0. The molecule has 3 amide bonds. The summed E-state index contributed by atoms with van der Waals surface area (Å²) < 4.78 is 75.1. The maximum Gasteiger partial charge on any atom is 0.422 e. The molecular formula is C33H34ClF5N8O6. The molecule has 2 aliphatic rings. The van der Waals surface area contributed by atoms with Crippen molar-refractivity contribution < 1.29 is 50.6 Å². The molecule has 0 saturated heterocycles. The largest absolute Gasteiger partial charge is 0.467 e. The zero-order valence-corrected chi connectivity index (χ0v) is 28.7. The fourth-order valence-electron chi connectivity index (χ4n) is 5.39. The molecule has 2 aromatic carbocycles. The Kier molecular flexibility index (Phi) is 11.8. The third kappa shape index (κ3) is 11.1. The first-order valence-corrected chi connectivity index (χ1v) is 16.6. The van der Waals surface area contributed by atoms with E-state index in [4.69, 9.17) is 21.1 Å². The zero-order chi connectivity index (χ0) is 38.4. The van der Waals surface area contributed by atoms with E-state index in [9.17, 15) is 41.1 Å². The summed E-state index contributed by atoms with van der Waals surface area (Å²) in [6.45, 7) is -2.17. The van der Waals surface area contributed by atoms with Crippen LogP contribution in [0.1, 0.15) is 54.4 Å². The van der Waals surface area contributed by atoms with Crippen molar-refractivity contribution in [3.8, 4) is 6.01 Å². The Bertz CT molecular complexity index is 1800. The van der Waals surface area contributed by atoms with Crippen molar-refractivity contribution in [1.82, 2.24) is 30.9 Å². The molecule has 5 N–H and O–H groups in total. The number of benzene rings is 2. The number of nitrogens with one attached hydrogen (secondary N) is 5. The average Bonchev–Trinajstić information content (AvgIpc) is 3.89. The van der Waals surface area contributed by atoms with E-state index >= 15 is 0 Å². The Morgan fingerprint density at radius 1 is 0.906 bits per heavy atom. The summed E-state index contributed by atoms with van der Waals surface area (Å²) in [6.07, 6.45) is -4.12. The number of nitrogens with zero attached hydrogens (tertiary/aromatic N) is 3. The third-order valence-electron chi connectivity index (χ3n) is 8.40. The molecule has 5 rings (SSSR count). The average molecular weight is 769 g/mol. The number of carbonyl (C=O) groups excluding carboxylic acids is 4. The second-order valence-electron chi connectivity index (χ2n) is 12.4. The first kappa shape index (κ1) is 38.9. The van der Waals surface area contributed by atoms with Gasteiger partial charge in [0.25, 0.3) is 5.91 Å². The predicted octanol–water partition coefficient (Wildman–Crippen LogP) is 4.39. The molecule has 1 atom stereocenters. The number of alkyl halides is 5. The van der Waals surface area contributed by atoms with Gasteiger partial charge in [0.1, 0.15) is 6.04 Å². The van der Waals surface area contributed by atoms with Gasteiger partial charge in [-0.05, 0) is 67.6 Å². The number of methoxy groups -OCH3 is 1. The SMILES string of the molecule is COC(=O)[C@H](CNC(=O)C(=O)NC1CCC(F)(F)CC1)NC(=O)c1ccc(Nc2nc(NC3(c4ccc(Cl)cc4)CC3)nc(OCC(F)(F)F)n2)cc1. The molecule has 14 nitrogen and oxygen atoms in total. The van der Waals surface area contributed by atoms with E-state index in [0.29, 0.717) is 23.6 Å². The molecule has 0 aliphatic heterocycles. The highest BCUT2D eigenvalue weighted by Crippen LogP contribution is 2.48. The number of ether oxygens (including phenoxy) is 2. The smallest absolute Gasteiger partial charge is 0.422 e. The Labute approximate surface area is 304 Å². The van der Waals surface area contributed by atoms with Crippen LogP contribution in [0.5, 0.6) is 6.01 Å². The summed E-state index contributed by atoms with van der Waals surface area (Å²) in [5.74, 6) is -6.95. The molecular weight excluding hydrogens is 735 g/mol. The van der Waals surface area contributed by atoms with Crippen LogP contribution in [0.4, 0.5) is 39.5 Å². The Morgan fingerprint density at radius 3 is 2.15 bits per heavy atom. The highest BCUT2D eigenvalue weighted by Gasteiger charge is 2.45. The summed E-state index contributed by atoms with van der Waals surface area (Å²) in [5.41, 5.74) is 0.656. The highest BCUT2D eigenvalue weighted by atomic mass is 35.5. The topological polar surface area (TPSA) is 186 Å². The fraction of sp³-hybridized carbons (Fsp3) is 0.424. The van der Waals surface area contributed by atoms with Gasteiger partial charge in [0.2, 0.25) is 17.8 Å². The van der Waals surface area contributed by atoms with Crippen LogP contribution in [0.3, 0.4) is 0 Å². The van der Waals surface area contributed by atoms with Crippen LogP contribution in [0.15, 0.2) is 48.5 Å². The van der Waals surface area contributed by atoms with Crippen LogP contribution >= 0.6 is 11.6 Å². The van der Waals surface area contributed by atoms with E-state index in [1.165, 1.54) is 24.3 Å². The van der Waals surface area contributed by atoms with Gasteiger partial charge in [-0.15, -0.1) is 0 Å². The summed E-state index contributed by atoms with van der Waals surface area (Å²) in [7, 11) is 1.05. The summed E-state index contributed by atoms with van der Waals surface area (Å²) in [5, 5.41) is 13.5. The van der Waals surface area contributed by atoms with Gasteiger partial charge in [-0.2, -0.15) is 28.1 Å². The van der Waals surface area contributed by atoms with E-state index in [0.717, 1.165) is 12.7 Å². The minimum Gasteiger partial charge on any atom is -0.467 e. The van der Waals surface area contributed by atoms with E-state index in [-0.39, 0.29) is 30.3 Å². The molecule has 1 heterocycles. The highest BCUT2D eigenvalue weighted by molar-refractivity contribution is 6.35. The molecule has 2 saturated carbocycles. The van der Waals surface area contributed by atoms with Gasteiger partial charge in [0, 0.05) is 41.7 Å². The lowest BCUT2D eigenvalue weighted by molar-refractivity contribution is -0.154. The number of rotatable bonds is 13. The van der Waals surface area contributed by atoms with Crippen molar-refractivity contribution in [1.29, 1.82) is 0 Å². The molecule has 0 bridgehead atoms. The molecule has 2 fully saturated rings. The number of carbonyl (C=O) groups is 4. The van der Waals surface area contributed by atoms with E-state index in [2.05, 4.69) is 41.5 Å². The number of esters is 1. The van der Waals surface area contributed by atoms with Gasteiger partial charge in [-0.1, -0.05) is 23.7 Å². The minimum absolute atomic E-state index is 0.00182. The molecule has 0 radical (unpaired) electrons. The van der Waals surface area contributed by atoms with Crippen molar-refractivity contribution in [2.75, 3.05) is 30.9 Å². The molecule has 0 spiro atoms. The van der Waals surface area contributed by atoms with Crippen molar-refractivity contribution in [2.24, 2.45) is 0 Å². The molecule has 3 aromatic rings. The second kappa shape index (κ2) is 16.1. The van der Waals surface area contributed by atoms with Crippen LogP contribution in [-0.4, -0.2) is 83.1 Å². The summed E-state index contributed by atoms with van der Waals surface area (Å²) in [4.78, 5) is 62.3. The maximum atomic E-state index is 13.4. The monoisotopic (exact) mass is 768 g/mol. The second-order valence-corrected chi connectivity index (χ2v) is 12.9. The molecule has 2 aliphatic carbocycles. The number of anilines is 3. The van der Waals surface area contributed by atoms with Gasteiger partial charge in [0.05, 0.1) is 12.6 Å². The maximum absolute atomic E-state index is 13.4. The van der Waals surface area contributed by atoms with Crippen LogP contribution in [0, 0.1) is 0 Å². The number of amides is 3. The number of hydrogen-bond donors (Lipinski definition) is 5. The Morgan fingerprint density at radius 2 is 1.55 bits per heavy atom. The number of hydrogen-bond acceptors (Lipinski definition) is 11. The third-order valence-corrected chi connectivity index (χ3v) is 8.65. The number of aromatic nitrogens is 3. The lowest BCUT2D eigenvalue weighted by atomic mass is 9.92. The minimum atomic E-state index is -4.66. The molecule has 20 heteroatoms. The zero-order valence-electron chi connectivity index (χ0n) is 28.0. The predicted molar refractivity (Wildman–Crippen MR) is 179 cm³/mol. The van der Waals surface area contributed by atoms with E-state index < -0.39 is 85.4 Å². The van der Waals surface area contributed by atoms with Crippen molar-refractivity contribution >= 4 is 52.9 Å². The van der Waals surface area contributed by atoms with Crippen LogP contribution in [0.25, 0.3) is 0 Å². The van der Waals surface area contributed by atoms with Crippen molar-refractivity contribution in [3.63, 3.8) is 0 Å². The molecule has 284 valence electrons. The van der Waals surface area contributed by atoms with Crippen molar-refractivity contribution in [2.45, 2.75) is 68.2 Å². The molecule has 1 aromatic heterocycles. The standard InChI is InChI=1S/C33H34ClF5N8O6/c1-52-27(51)23(16-40-25(49)26(50)41-22-10-12-32(35,36)13-11-22)43-24(48)18-2-8-21(9-3-18)42-28-44-29(46-30(45-28)53-17-33(37,38)39)47-31(14-15-31)19-4-6-20(34)7-5-19/h2-9,22-23H,10-17H2,1H3,(H,40,49)(H,41,50)(H,43,48)(H2,42,44,45,46,47)/t23-/m0/s1. The van der Waals surface area contributed by atoms with Gasteiger partial charge in [0.15, 0.2) is 6.61 Å². The molecule has 0 unspecified atom stereocenters. The van der Waals surface area contributed by atoms with E-state index in [1.807, 2.05) is 12.1 Å². The number of halogens is 6. The normalized spacial score (nSPS) is 16.7. The Balaban J connectivity index is 1.21. The summed E-state index contributed by atoms with van der Waals surface area (Å²) >= 11 is 6.01. The van der Waals surface area contributed by atoms with Gasteiger partial charge >= 0.3 is 30.0 Å². The lowest BCUT2D eigenvalue weighted by Crippen LogP contribution is -2.52. The lowest BCUT2D eigenvalue weighted by Gasteiger charge is -2.28. The van der Waals surface area contributed by atoms with Crippen LogP contribution in [0.2, 0.25) is 5.02 Å². The first-order chi connectivity index (χ1) is 25.0.